The Morgan fingerprint density at radius 1 is 1.38 bits per heavy atom. The quantitative estimate of drug-likeness (QED) is 0.724. The van der Waals surface area contributed by atoms with Crippen molar-refractivity contribution in [1.82, 2.24) is 0 Å². The number of halogens is 1. The van der Waals surface area contributed by atoms with Crippen molar-refractivity contribution in [2.24, 2.45) is 5.73 Å². The second kappa shape index (κ2) is 4.49. The van der Waals surface area contributed by atoms with Gasteiger partial charge in [-0.25, -0.2) is 0 Å². The average molecular weight is 199 g/mol. The lowest BCUT2D eigenvalue weighted by Gasteiger charge is -2.25. The summed E-state index contributed by atoms with van der Waals surface area (Å²) >= 11 is 0. The maximum atomic E-state index is 5.69. The molecular formula is C10H15ClN2. The predicted octanol–water partition coefficient (Wildman–Crippen LogP) is 1.97. The molecule has 72 valence electrons. The highest BCUT2D eigenvalue weighted by molar-refractivity contribution is 5.85. The van der Waals surface area contributed by atoms with E-state index in [0.29, 0.717) is 5.92 Å². The zero-order valence-corrected chi connectivity index (χ0v) is 8.31. The van der Waals surface area contributed by atoms with Crippen LogP contribution in [0.2, 0.25) is 0 Å². The highest BCUT2D eigenvalue weighted by Gasteiger charge is 2.17. The minimum atomic E-state index is 0. The fraction of sp³-hybridized carbons (Fsp3) is 0.400. The summed E-state index contributed by atoms with van der Waals surface area (Å²) in [7, 11) is 0. The van der Waals surface area contributed by atoms with E-state index in [1.54, 1.807) is 0 Å². The molecule has 1 aliphatic heterocycles. The normalized spacial score (nSPS) is 19.6. The van der Waals surface area contributed by atoms with Crippen molar-refractivity contribution in [1.29, 1.82) is 0 Å². The molecule has 1 aromatic carbocycles. The van der Waals surface area contributed by atoms with Gasteiger partial charge in [-0.1, -0.05) is 18.2 Å². The van der Waals surface area contributed by atoms with Crippen LogP contribution in [0.25, 0.3) is 0 Å². The third-order valence-corrected chi connectivity index (χ3v) is 2.49. The van der Waals surface area contributed by atoms with Gasteiger partial charge in [-0.2, -0.15) is 0 Å². The molecule has 2 rings (SSSR count). The molecule has 0 saturated carbocycles. The predicted molar refractivity (Wildman–Crippen MR) is 58.6 cm³/mol. The van der Waals surface area contributed by atoms with Gasteiger partial charge in [0.1, 0.15) is 0 Å². The minimum absolute atomic E-state index is 0. The van der Waals surface area contributed by atoms with Crippen molar-refractivity contribution in [3.63, 3.8) is 0 Å². The maximum absolute atomic E-state index is 5.69. The lowest BCUT2D eigenvalue weighted by atomic mass is 9.91. The molecule has 0 spiro atoms. The first-order chi connectivity index (χ1) is 5.92. The van der Waals surface area contributed by atoms with Gasteiger partial charge in [0.2, 0.25) is 0 Å². The number of benzene rings is 1. The molecule has 3 N–H and O–H groups in total. The molecule has 0 bridgehead atoms. The van der Waals surface area contributed by atoms with Crippen molar-refractivity contribution in [2.45, 2.75) is 12.3 Å². The van der Waals surface area contributed by atoms with E-state index in [9.17, 15) is 0 Å². The van der Waals surface area contributed by atoms with E-state index < -0.39 is 0 Å². The van der Waals surface area contributed by atoms with Crippen molar-refractivity contribution in [3.05, 3.63) is 29.8 Å². The van der Waals surface area contributed by atoms with Crippen LogP contribution in [0.15, 0.2) is 24.3 Å². The molecule has 1 atom stereocenters. The highest BCUT2D eigenvalue weighted by atomic mass is 35.5. The molecule has 13 heavy (non-hydrogen) atoms. The van der Waals surface area contributed by atoms with Crippen molar-refractivity contribution >= 4 is 18.1 Å². The van der Waals surface area contributed by atoms with Gasteiger partial charge in [0.05, 0.1) is 0 Å². The van der Waals surface area contributed by atoms with Crippen LogP contribution in [0, 0.1) is 0 Å². The monoisotopic (exact) mass is 198 g/mol. The highest BCUT2D eigenvalue weighted by Crippen LogP contribution is 2.29. The first-order valence-electron chi connectivity index (χ1n) is 4.44. The smallest absolute Gasteiger partial charge is 0.0376 e. The number of hydrogen-bond donors (Lipinski definition) is 2. The summed E-state index contributed by atoms with van der Waals surface area (Å²) in [5.41, 5.74) is 8.33. The Labute approximate surface area is 84.9 Å². The average Bonchev–Trinajstić information content (AvgIpc) is 2.17. The summed E-state index contributed by atoms with van der Waals surface area (Å²) in [6.07, 6.45) is 1.16. The SMILES string of the molecule is Cl.NCC1CCNc2ccccc21. The number of nitrogens with two attached hydrogens (primary N) is 1. The van der Waals surface area contributed by atoms with Crippen LogP contribution in [0.4, 0.5) is 5.69 Å². The lowest BCUT2D eigenvalue weighted by Crippen LogP contribution is -2.22. The first-order valence-corrected chi connectivity index (χ1v) is 4.44. The van der Waals surface area contributed by atoms with Crippen LogP contribution >= 0.6 is 12.4 Å². The molecule has 2 nitrogen and oxygen atoms in total. The van der Waals surface area contributed by atoms with Gasteiger partial charge < -0.3 is 11.1 Å². The molecule has 0 fully saturated rings. The third-order valence-electron chi connectivity index (χ3n) is 2.49. The summed E-state index contributed by atoms with van der Waals surface area (Å²) < 4.78 is 0. The van der Waals surface area contributed by atoms with Crippen LogP contribution in [0.3, 0.4) is 0 Å². The Bertz CT molecular complexity index is 275. The first kappa shape index (κ1) is 10.4. The Morgan fingerprint density at radius 3 is 2.92 bits per heavy atom. The van der Waals surface area contributed by atoms with E-state index in [4.69, 9.17) is 5.73 Å². The standard InChI is InChI=1S/C10H14N2.ClH/c11-7-8-5-6-12-10-4-2-1-3-9(8)10;/h1-4,8,12H,5-7,11H2;1H. The maximum Gasteiger partial charge on any atom is 0.0376 e. The molecule has 3 heteroatoms. The minimum Gasteiger partial charge on any atom is -0.385 e. The van der Waals surface area contributed by atoms with Crippen LogP contribution in [0.1, 0.15) is 17.9 Å². The molecule has 0 saturated heterocycles. The Morgan fingerprint density at radius 2 is 2.15 bits per heavy atom. The van der Waals surface area contributed by atoms with E-state index in [1.165, 1.54) is 11.3 Å². The van der Waals surface area contributed by atoms with Crippen LogP contribution in [0.5, 0.6) is 0 Å². The second-order valence-corrected chi connectivity index (χ2v) is 3.24. The Balaban J connectivity index is 0.000000845. The third kappa shape index (κ3) is 1.95. The zero-order chi connectivity index (χ0) is 8.39. The Kier molecular flexibility index (Phi) is 3.58. The fourth-order valence-corrected chi connectivity index (χ4v) is 1.80. The summed E-state index contributed by atoms with van der Waals surface area (Å²) in [5.74, 6) is 0.558. The number of fused-ring (bicyclic) bond motifs is 1. The fourth-order valence-electron chi connectivity index (χ4n) is 1.80. The number of anilines is 1. The molecule has 0 amide bonds. The molecule has 1 unspecified atom stereocenters. The van der Waals surface area contributed by atoms with Crippen molar-refractivity contribution < 1.29 is 0 Å². The Hall–Kier alpha value is -0.730. The number of hydrogen-bond acceptors (Lipinski definition) is 2. The largest absolute Gasteiger partial charge is 0.385 e. The molecular weight excluding hydrogens is 184 g/mol. The molecule has 1 heterocycles. The molecule has 1 aliphatic rings. The van der Waals surface area contributed by atoms with E-state index in [0.717, 1.165) is 19.5 Å². The van der Waals surface area contributed by atoms with Gasteiger partial charge >= 0.3 is 0 Å². The van der Waals surface area contributed by atoms with Gasteiger partial charge in [0.25, 0.3) is 0 Å². The topological polar surface area (TPSA) is 38.0 Å². The van der Waals surface area contributed by atoms with Crippen LogP contribution in [-0.4, -0.2) is 13.1 Å². The number of nitrogens with one attached hydrogen (secondary N) is 1. The van der Waals surface area contributed by atoms with Crippen LogP contribution < -0.4 is 11.1 Å². The second-order valence-electron chi connectivity index (χ2n) is 3.24. The lowest BCUT2D eigenvalue weighted by molar-refractivity contribution is 0.637. The number of rotatable bonds is 1. The molecule has 0 aliphatic carbocycles. The molecule has 0 radical (unpaired) electrons. The summed E-state index contributed by atoms with van der Waals surface area (Å²) in [6.45, 7) is 1.82. The molecule has 0 aromatic heterocycles. The van der Waals surface area contributed by atoms with Gasteiger partial charge in [-0.15, -0.1) is 12.4 Å². The van der Waals surface area contributed by atoms with Gasteiger partial charge in [-0.3, -0.25) is 0 Å². The van der Waals surface area contributed by atoms with Crippen LogP contribution in [-0.2, 0) is 0 Å². The summed E-state index contributed by atoms with van der Waals surface area (Å²) in [6, 6.07) is 8.43. The van der Waals surface area contributed by atoms with Crippen molar-refractivity contribution in [3.8, 4) is 0 Å². The molecule has 1 aromatic rings. The number of para-hydroxylation sites is 1. The zero-order valence-electron chi connectivity index (χ0n) is 7.49. The summed E-state index contributed by atoms with van der Waals surface area (Å²) in [5, 5.41) is 3.37. The summed E-state index contributed by atoms with van der Waals surface area (Å²) in [4.78, 5) is 0. The van der Waals surface area contributed by atoms with E-state index in [-0.39, 0.29) is 12.4 Å². The van der Waals surface area contributed by atoms with E-state index in [2.05, 4.69) is 29.6 Å². The van der Waals surface area contributed by atoms with Crippen molar-refractivity contribution in [2.75, 3.05) is 18.4 Å². The van der Waals surface area contributed by atoms with E-state index >= 15 is 0 Å². The van der Waals surface area contributed by atoms with Gasteiger partial charge in [0, 0.05) is 12.2 Å². The van der Waals surface area contributed by atoms with E-state index in [1.807, 2.05) is 0 Å². The van der Waals surface area contributed by atoms with Gasteiger partial charge in [-0.05, 0) is 30.5 Å². The van der Waals surface area contributed by atoms with Gasteiger partial charge in [0.15, 0.2) is 0 Å².